The highest BCUT2D eigenvalue weighted by Gasteiger charge is 2.19. The lowest BCUT2D eigenvalue weighted by Gasteiger charge is -2.12. The number of rotatable bonds is 13. The summed E-state index contributed by atoms with van der Waals surface area (Å²) in [5.41, 5.74) is -0.139. The first-order valence-electron chi connectivity index (χ1n) is 9.47. The summed E-state index contributed by atoms with van der Waals surface area (Å²) in [6.45, 7) is 4.14. The summed E-state index contributed by atoms with van der Waals surface area (Å²) in [7, 11) is 1.39. The minimum absolute atomic E-state index is 0.0367. The molecule has 1 unspecified atom stereocenters. The van der Waals surface area contributed by atoms with Gasteiger partial charge in [-0.2, -0.15) is 0 Å². The molecule has 0 radical (unpaired) electrons. The summed E-state index contributed by atoms with van der Waals surface area (Å²) in [5.74, 6) is 0.165. The molecule has 0 heterocycles. The first kappa shape index (κ1) is 24.2. The molecular weight excluding hydrogens is 382 g/mol. The van der Waals surface area contributed by atoms with Gasteiger partial charge in [-0.25, -0.2) is 0 Å². The van der Waals surface area contributed by atoms with Gasteiger partial charge in [0.05, 0.1) is 36.9 Å². The smallest absolute Gasteiger partial charge is 0.278 e. The quantitative estimate of drug-likeness (QED) is 0.254. The number of nitrogens with zero attached hydrogens (tertiary/aromatic N) is 1. The fraction of sp³-hybridized carbons (Fsp3) is 0.579. The number of nitrogens with one attached hydrogen (secondary N) is 2. The van der Waals surface area contributed by atoms with Gasteiger partial charge in [-0.15, -0.1) is 0 Å². The molecule has 0 spiro atoms. The molecule has 29 heavy (non-hydrogen) atoms. The molecule has 10 heteroatoms. The number of carbonyl (C=O) groups excluding carboxylic acids is 2. The zero-order valence-electron chi connectivity index (χ0n) is 17.0. The highest BCUT2D eigenvalue weighted by Crippen LogP contribution is 2.34. The van der Waals surface area contributed by atoms with E-state index in [4.69, 9.17) is 9.47 Å². The number of aliphatic hydroxyl groups is 1. The highest BCUT2D eigenvalue weighted by atomic mass is 16.6. The molecule has 1 atom stereocenters. The van der Waals surface area contributed by atoms with E-state index < -0.39 is 11.5 Å². The standard InChI is InChI=1S/C19H29N3O7/c1-4-13(2)19(25)21-8-7-20-18(24)6-5-9-29-17-11-15(22(26)27)14(12-23)10-16(17)28-3/h10-11,13,23H,4-9,12H2,1-3H3,(H,20,24)(H,21,25). The first-order chi connectivity index (χ1) is 13.8. The molecule has 0 saturated heterocycles. The second-order valence-corrected chi connectivity index (χ2v) is 6.45. The molecule has 0 aromatic heterocycles. The molecule has 0 saturated carbocycles. The Morgan fingerprint density at radius 3 is 2.52 bits per heavy atom. The van der Waals surface area contributed by atoms with Crippen LogP contribution >= 0.6 is 0 Å². The predicted octanol–water partition coefficient (Wildman–Crippen LogP) is 1.53. The predicted molar refractivity (Wildman–Crippen MR) is 106 cm³/mol. The van der Waals surface area contributed by atoms with Crippen LogP contribution in [0.4, 0.5) is 5.69 Å². The van der Waals surface area contributed by atoms with E-state index in [1.54, 1.807) is 0 Å². The van der Waals surface area contributed by atoms with Crippen molar-refractivity contribution in [1.29, 1.82) is 0 Å². The zero-order valence-corrected chi connectivity index (χ0v) is 17.0. The summed E-state index contributed by atoms with van der Waals surface area (Å²) < 4.78 is 10.7. The maximum absolute atomic E-state index is 11.8. The maximum atomic E-state index is 11.8. The number of aliphatic hydroxyl groups excluding tert-OH is 1. The van der Waals surface area contributed by atoms with Gasteiger partial charge in [-0.3, -0.25) is 19.7 Å². The van der Waals surface area contributed by atoms with Gasteiger partial charge >= 0.3 is 0 Å². The number of ether oxygens (including phenoxy) is 2. The Morgan fingerprint density at radius 1 is 1.24 bits per heavy atom. The SMILES string of the molecule is CCC(C)C(=O)NCCNC(=O)CCCOc1cc([N+](=O)[O-])c(CO)cc1OC. The van der Waals surface area contributed by atoms with E-state index in [0.29, 0.717) is 19.5 Å². The van der Waals surface area contributed by atoms with Crippen LogP contribution in [-0.4, -0.2) is 48.7 Å². The van der Waals surface area contributed by atoms with E-state index in [9.17, 15) is 24.8 Å². The third-order valence-corrected chi connectivity index (χ3v) is 4.34. The average molecular weight is 411 g/mol. The molecule has 0 aliphatic carbocycles. The van der Waals surface area contributed by atoms with Crippen molar-refractivity contribution in [2.24, 2.45) is 5.92 Å². The molecule has 10 nitrogen and oxygen atoms in total. The molecule has 0 aliphatic rings. The minimum Gasteiger partial charge on any atom is -0.493 e. The van der Waals surface area contributed by atoms with Crippen LogP contribution in [0, 0.1) is 16.0 Å². The van der Waals surface area contributed by atoms with E-state index in [2.05, 4.69) is 10.6 Å². The van der Waals surface area contributed by atoms with Crippen LogP contribution in [0.15, 0.2) is 12.1 Å². The van der Waals surface area contributed by atoms with Gasteiger partial charge in [0, 0.05) is 25.4 Å². The number of nitro groups is 1. The average Bonchev–Trinajstić information content (AvgIpc) is 2.72. The number of carbonyl (C=O) groups is 2. The molecule has 0 aliphatic heterocycles. The molecule has 162 valence electrons. The maximum Gasteiger partial charge on any atom is 0.278 e. The van der Waals surface area contributed by atoms with Gasteiger partial charge in [0.25, 0.3) is 5.69 Å². The minimum atomic E-state index is -0.606. The molecular formula is C19H29N3O7. The molecule has 3 N–H and O–H groups in total. The molecule has 1 aromatic rings. The van der Waals surface area contributed by atoms with Crippen LogP contribution in [0.25, 0.3) is 0 Å². The summed E-state index contributed by atoms with van der Waals surface area (Å²) >= 11 is 0. The van der Waals surface area contributed by atoms with Crippen molar-refractivity contribution in [2.45, 2.75) is 39.7 Å². The Bertz CT molecular complexity index is 709. The lowest BCUT2D eigenvalue weighted by molar-refractivity contribution is -0.385. The first-order valence-corrected chi connectivity index (χ1v) is 9.47. The lowest BCUT2D eigenvalue weighted by atomic mass is 10.1. The second kappa shape index (κ2) is 12.6. The largest absolute Gasteiger partial charge is 0.493 e. The second-order valence-electron chi connectivity index (χ2n) is 6.45. The number of benzene rings is 1. The van der Waals surface area contributed by atoms with Crippen molar-refractivity contribution in [3.63, 3.8) is 0 Å². The fourth-order valence-corrected chi connectivity index (χ4v) is 2.41. The molecule has 0 fully saturated rings. The highest BCUT2D eigenvalue weighted by molar-refractivity contribution is 5.78. The third kappa shape index (κ3) is 7.94. The molecule has 2 amide bonds. The molecule has 0 bridgehead atoms. The number of methoxy groups -OCH3 is 1. The topological polar surface area (TPSA) is 140 Å². The van der Waals surface area contributed by atoms with E-state index in [1.807, 2.05) is 13.8 Å². The van der Waals surface area contributed by atoms with E-state index in [-0.39, 0.29) is 53.5 Å². The summed E-state index contributed by atoms with van der Waals surface area (Å²) in [6.07, 6.45) is 1.36. The zero-order chi connectivity index (χ0) is 21.8. The summed E-state index contributed by atoms with van der Waals surface area (Å²) in [4.78, 5) is 33.9. The third-order valence-electron chi connectivity index (χ3n) is 4.34. The van der Waals surface area contributed by atoms with Crippen molar-refractivity contribution in [3.05, 3.63) is 27.8 Å². The fourth-order valence-electron chi connectivity index (χ4n) is 2.41. The van der Waals surface area contributed by atoms with Crippen molar-refractivity contribution >= 4 is 17.5 Å². The Kier molecular flexibility index (Phi) is 10.5. The van der Waals surface area contributed by atoms with Crippen molar-refractivity contribution in [3.8, 4) is 11.5 Å². The van der Waals surface area contributed by atoms with Crippen LogP contribution in [-0.2, 0) is 16.2 Å². The van der Waals surface area contributed by atoms with Crippen molar-refractivity contribution in [2.75, 3.05) is 26.8 Å². The van der Waals surface area contributed by atoms with Crippen molar-refractivity contribution in [1.82, 2.24) is 10.6 Å². The summed E-state index contributed by atoms with van der Waals surface area (Å²) in [6, 6.07) is 2.55. The molecule has 1 rings (SSSR count). The van der Waals surface area contributed by atoms with Crippen LogP contribution < -0.4 is 20.1 Å². The number of hydrogen-bond donors (Lipinski definition) is 3. The van der Waals surface area contributed by atoms with E-state index in [0.717, 1.165) is 6.42 Å². The Morgan fingerprint density at radius 2 is 1.93 bits per heavy atom. The van der Waals surface area contributed by atoms with Gasteiger partial charge in [-0.1, -0.05) is 13.8 Å². The normalized spacial score (nSPS) is 11.4. The van der Waals surface area contributed by atoms with E-state index in [1.165, 1.54) is 19.2 Å². The van der Waals surface area contributed by atoms with Gasteiger partial charge in [0.2, 0.25) is 11.8 Å². The van der Waals surface area contributed by atoms with Crippen LogP contribution in [0.2, 0.25) is 0 Å². The lowest BCUT2D eigenvalue weighted by Crippen LogP contribution is -2.36. The molecule has 1 aromatic carbocycles. The monoisotopic (exact) mass is 411 g/mol. The number of amides is 2. The summed E-state index contributed by atoms with van der Waals surface area (Å²) in [5, 5.41) is 25.8. The van der Waals surface area contributed by atoms with E-state index >= 15 is 0 Å². The van der Waals surface area contributed by atoms with Crippen LogP contribution in [0.3, 0.4) is 0 Å². The Balaban J connectivity index is 2.40. The van der Waals surface area contributed by atoms with Crippen LogP contribution in [0.1, 0.15) is 38.7 Å². The number of nitro benzene ring substituents is 1. The van der Waals surface area contributed by atoms with Crippen LogP contribution in [0.5, 0.6) is 11.5 Å². The van der Waals surface area contributed by atoms with Gasteiger partial charge in [0.1, 0.15) is 0 Å². The van der Waals surface area contributed by atoms with Gasteiger partial charge in [-0.05, 0) is 18.9 Å². The number of hydrogen-bond acceptors (Lipinski definition) is 7. The Hall–Kier alpha value is -2.88. The van der Waals surface area contributed by atoms with Gasteiger partial charge < -0.3 is 25.2 Å². The van der Waals surface area contributed by atoms with Gasteiger partial charge in [0.15, 0.2) is 11.5 Å². The Labute approximate surface area is 169 Å². The van der Waals surface area contributed by atoms with Crippen molar-refractivity contribution < 1.29 is 29.1 Å².